The number of para-hydroxylation sites is 1. The average Bonchev–Trinajstić information content (AvgIpc) is 3.39. The van der Waals surface area contributed by atoms with Crippen molar-refractivity contribution in [3.8, 4) is 6.07 Å². The SMILES string of the molecule is N#Cc1ccccc1N1CCN(C(=O)C2CC(N(Cc3ccc(F)cc3F)C(=O)O)CN2Cc2ccccc2)CC1. The Morgan fingerprint density at radius 1 is 0.976 bits per heavy atom. The van der Waals surface area contributed by atoms with Crippen molar-refractivity contribution in [2.24, 2.45) is 0 Å². The number of halogens is 2. The third-order valence-corrected chi connectivity index (χ3v) is 7.89. The molecule has 0 radical (unpaired) electrons. The molecule has 2 unspecified atom stereocenters. The van der Waals surface area contributed by atoms with Crippen LogP contribution in [0.4, 0.5) is 19.3 Å². The lowest BCUT2D eigenvalue weighted by molar-refractivity contribution is -0.136. The van der Waals surface area contributed by atoms with Gasteiger partial charge in [-0.25, -0.2) is 13.6 Å². The molecule has 1 N–H and O–H groups in total. The van der Waals surface area contributed by atoms with Gasteiger partial charge in [-0.1, -0.05) is 48.5 Å². The molecule has 2 atom stereocenters. The van der Waals surface area contributed by atoms with Crippen molar-refractivity contribution in [1.29, 1.82) is 5.26 Å². The first kappa shape index (κ1) is 28.1. The van der Waals surface area contributed by atoms with Gasteiger partial charge in [0.1, 0.15) is 17.7 Å². The minimum atomic E-state index is -1.23. The molecule has 10 heteroatoms. The van der Waals surface area contributed by atoms with E-state index in [1.807, 2.05) is 53.4 Å². The lowest BCUT2D eigenvalue weighted by Crippen LogP contribution is -2.53. The number of piperazine rings is 1. The highest BCUT2D eigenvalue weighted by molar-refractivity contribution is 5.83. The first-order chi connectivity index (χ1) is 19.8. The van der Waals surface area contributed by atoms with E-state index in [-0.39, 0.29) is 24.4 Å². The van der Waals surface area contributed by atoms with Gasteiger partial charge in [-0.15, -0.1) is 0 Å². The second kappa shape index (κ2) is 12.4. The molecule has 212 valence electrons. The zero-order valence-electron chi connectivity index (χ0n) is 22.5. The fraction of sp³-hybridized carbons (Fsp3) is 0.323. The zero-order valence-corrected chi connectivity index (χ0v) is 22.5. The summed E-state index contributed by atoms with van der Waals surface area (Å²) in [7, 11) is 0. The maximum atomic E-state index is 14.4. The number of nitrogens with zero attached hydrogens (tertiary/aromatic N) is 5. The number of benzene rings is 3. The molecule has 2 amide bonds. The predicted molar refractivity (Wildman–Crippen MR) is 149 cm³/mol. The molecule has 0 spiro atoms. The molecule has 3 aromatic carbocycles. The van der Waals surface area contributed by atoms with E-state index in [0.717, 1.165) is 28.3 Å². The van der Waals surface area contributed by atoms with E-state index in [0.29, 0.717) is 44.8 Å². The normalized spacial score (nSPS) is 19.1. The molecular formula is C31H31F2N5O3. The van der Waals surface area contributed by atoms with Crippen LogP contribution in [0.3, 0.4) is 0 Å². The highest BCUT2D eigenvalue weighted by Crippen LogP contribution is 2.29. The Morgan fingerprint density at radius 2 is 1.68 bits per heavy atom. The van der Waals surface area contributed by atoms with Crippen molar-refractivity contribution < 1.29 is 23.5 Å². The number of likely N-dealkylation sites (tertiary alicyclic amines) is 1. The molecule has 2 fully saturated rings. The Balaban J connectivity index is 1.33. The van der Waals surface area contributed by atoms with Crippen molar-refractivity contribution in [1.82, 2.24) is 14.7 Å². The van der Waals surface area contributed by atoms with Crippen molar-refractivity contribution in [3.05, 3.63) is 101 Å². The summed E-state index contributed by atoms with van der Waals surface area (Å²) in [5.74, 6) is -1.61. The Bertz CT molecular complexity index is 1440. The van der Waals surface area contributed by atoms with Crippen LogP contribution in [0.15, 0.2) is 72.8 Å². The van der Waals surface area contributed by atoms with Gasteiger partial charge in [-0.3, -0.25) is 14.6 Å². The standard InChI is InChI=1S/C31H31F2N5O3/c32-25-11-10-24(27(33)16-25)20-38(31(40)41)26-17-29(37(21-26)19-22-6-2-1-3-7-22)30(39)36-14-12-35(13-15-36)28-9-5-4-8-23(28)18-34/h1-11,16,26,29H,12-15,17,19-21H2,(H,40,41). The largest absolute Gasteiger partial charge is 0.465 e. The fourth-order valence-electron chi connectivity index (χ4n) is 5.76. The number of amides is 2. The van der Waals surface area contributed by atoms with Gasteiger partial charge >= 0.3 is 6.09 Å². The topological polar surface area (TPSA) is 91.1 Å². The van der Waals surface area contributed by atoms with Gasteiger partial charge in [-0.05, 0) is 30.2 Å². The number of carboxylic acid groups (broad SMARTS) is 1. The van der Waals surface area contributed by atoms with Crippen LogP contribution >= 0.6 is 0 Å². The molecule has 0 aliphatic carbocycles. The number of hydrogen-bond donors (Lipinski definition) is 1. The molecule has 3 aromatic rings. The Hall–Kier alpha value is -4.49. The van der Waals surface area contributed by atoms with Gasteiger partial charge in [0.15, 0.2) is 0 Å². The van der Waals surface area contributed by atoms with Gasteiger partial charge < -0.3 is 14.9 Å². The predicted octanol–water partition coefficient (Wildman–Crippen LogP) is 4.31. The summed E-state index contributed by atoms with van der Waals surface area (Å²) in [6.45, 7) is 2.61. The maximum absolute atomic E-state index is 14.4. The van der Waals surface area contributed by atoms with E-state index in [1.54, 1.807) is 11.0 Å². The average molecular weight is 560 g/mol. The second-order valence-electron chi connectivity index (χ2n) is 10.4. The monoisotopic (exact) mass is 559 g/mol. The van der Waals surface area contributed by atoms with Crippen LogP contribution in [0.2, 0.25) is 0 Å². The van der Waals surface area contributed by atoms with Gasteiger partial charge in [0.05, 0.1) is 29.9 Å². The summed E-state index contributed by atoms with van der Waals surface area (Å²) in [4.78, 5) is 33.3. The van der Waals surface area contributed by atoms with E-state index < -0.39 is 29.8 Å². The molecule has 41 heavy (non-hydrogen) atoms. The van der Waals surface area contributed by atoms with Gasteiger partial charge in [0.2, 0.25) is 5.91 Å². The third-order valence-electron chi connectivity index (χ3n) is 7.89. The summed E-state index contributed by atoms with van der Waals surface area (Å²) in [6.07, 6.45) is -0.964. The first-order valence-electron chi connectivity index (χ1n) is 13.6. The van der Waals surface area contributed by atoms with Crippen LogP contribution in [0.5, 0.6) is 0 Å². The molecule has 8 nitrogen and oxygen atoms in total. The molecule has 2 saturated heterocycles. The molecular weight excluding hydrogens is 528 g/mol. The summed E-state index contributed by atoms with van der Waals surface area (Å²) in [5, 5.41) is 19.5. The Labute approximate surface area is 237 Å². The molecule has 2 heterocycles. The molecule has 0 bridgehead atoms. The lowest BCUT2D eigenvalue weighted by atomic mass is 10.1. The van der Waals surface area contributed by atoms with Crippen molar-refractivity contribution in [2.75, 3.05) is 37.6 Å². The first-order valence-corrected chi connectivity index (χ1v) is 13.6. The highest BCUT2D eigenvalue weighted by Gasteiger charge is 2.43. The second-order valence-corrected chi connectivity index (χ2v) is 10.4. The van der Waals surface area contributed by atoms with Gasteiger partial charge in [-0.2, -0.15) is 5.26 Å². The fourth-order valence-corrected chi connectivity index (χ4v) is 5.76. The zero-order chi connectivity index (χ0) is 28.9. The van der Waals surface area contributed by atoms with Crippen LogP contribution in [-0.2, 0) is 17.9 Å². The number of anilines is 1. The van der Waals surface area contributed by atoms with Crippen molar-refractivity contribution in [2.45, 2.75) is 31.6 Å². The summed E-state index contributed by atoms with van der Waals surface area (Å²) in [6, 6.07) is 21.3. The number of rotatable bonds is 7. The molecule has 5 rings (SSSR count). The minimum absolute atomic E-state index is 0.0741. The van der Waals surface area contributed by atoms with E-state index in [1.165, 1.54) is 6.07 Å². The number of carbonyl (C=O) groups is 2. The van der Waals surface area contributed by atoms with E-state index in [9.17, 15) is 28.7 Å². The smallest absolute Gasteiger partial charge is 0.407 e. The Kier molecular flexibility index (Phi) is 8.45. The molecule has 0 saturated carbocycles. The summed E-state index contributed by atoms with van der Waals surface area (Å²) >= 11 is 0. The molecule has 2 aliphatic rings. The van der Waals surface area contributed by atoms with Crippen LogP contribution in [0.1, 0.15) is 23.1 Å². The van der Waals surface area contributed by atoms with Crippen LogP contribution in [-0.4, -0.2) is 76.6 Å². The third kappa shape index (κ3) is 6.31. The van der Waals surface area contributed by atoms with E-state index in [2.05, 4.69) is 11.0 Å². The number of carbonyl (C=O) groups excluding carboxylic acids is 1. The minimum Gasteiger partial charge on any atom is -0.465 e. The highest BCUT2D eigenvalue weighted by atomic mass is 19.1. The van der Waals surface area contributed by atoms with E-state index in [4.69, 9.17) is 0 Å². The quantitative estimate of drug-likeness (QED) is 0.464. The maximum Gasteiger partial charge on any atom is 0.407 e. The van der Waals surface area contributed by atoms with Crippen LogP contribution in [0.25, 0.3) is 0 Å². The molecule has 2 aliphatic heterocycles. The van der Waals surface area contributed by atoms with Crippen LogP contribution in [0, 0.1) is 23.0 Å². The summed E-state index contributed by atoms with van der Waals surface area (Å²) < 4.78 is 27.9. The van der Waals surface area contributed by atoms with Crippen molar-refractivity contribution in [3.63, 3.8) is 0 Å². The number of hydrogen-bond acceptors (Lipinski definition) is 5. The summed E-state index contributed by atoms with van der Waals surface area (Å²) in [5.41, 5.74) is 2.51. The molecule has 0 aromatic heterocycles. The number of nitriles is 1. The Morgan fingerprint density at radius 3 is 2.37 bits per heavy atom. The van der Waals surface area contributed by atoms with Crippen molar-refractivity contribution >= 4 is 17.7 Å². The van der Waals surface area contributed by atoms with Gasteiger partial charge in [0, 0.05) is 50.9 Å². The van der Waals surface area contributed by atoms with Crippen LogP contribution < -0.4 is 4.90 Å². The lowest BCUT2D eigenvalue weighted by Gasteiger charge is -2.38. The van der Waals surface area contributed by atoms with E-state index >= 15 is 0 Å². The van der Waals surface area contributed by atoms with Gasteiger partial charge in [0.25, 0.3) is 0 Å².